The van der Waals surface area contributed by atoms with Crippen molar-refractivity contribution in [3.05, 3.63) is 27.0 Å². The highest BCUT2D eigenvalue weighted by molar-refractivity contribution is 7.24. The highest BCUT2D eigenvalue weighted by Crippen LogP contribution is 2.34. The first-order valence-electron chi connectivity index (χ1n) is 6.24. The third-order valence-corrected chi connectivity index (χ3v) is 5.23. The summed E-state index contributed by atoms with van der Waals surface area (Å²) in [5.74, 6) is -0.0884. The zero-order valence-corrected chi connectivity index (χ0v) is 14.9. The van der Waals surface area contributed by atoms with Crippen LogP contribution in [0.5, 0.6) is 0 Å². The Balaban J connectivity index is 0.00000220. The summed E-state index contributed by atoms with van der Waals surface area (Å²) in [4.78, 5) is 18.2. The second-order valence-electron chi connectivity index (χ2n) is 4.56. The van der Waals surface area contributed by atoms with E-state index in [9.17, 15) is 4.79 Å². The van der Waals surface area contributed by atoms with Crippen LogP contribution in [0.25, 0.3) is 9.88 Å². The summed E-state index contributed by atoms with van der Waals surface area (Å²) in [5.41, 5.74) is 6.40. The zero-order chi connectivity index (χ0) is 14.7. The third kappa shape index (κ3) is 4.93. The Kier molecular flexibility index (Phi) is 7.09. The van der Waals surface area contributed by atoms with E-state index in [2.05, 4.69) is 10.3 Å². The summed E-state index contributed by atoms with van der Waals surface area (Å²) in [6, 6.07) is 3.84. The highest BCUT2D eigenvalue weighted by atomic mass is 35.5. The molecule has 2 aromatic rings. The average molecular weight is 366 g/mol. The maximum atomic E-state index is 12.1. The molecule has 2 heterocycles. The average Bonchev–Trinajstić information content (AvgIpc) is 2.95. The van der Waals surface area contributed by atoms with Gasteiger partial charge in [-0.2, -0.15) is 0 Å². The van der Waals surface area contributed by atoms with E-state index >= 15 is 0 Å². The molecule has 2 aromatic heterocycles. The normalized spacial score (nSPS) is 11.8. The van der Waals surface area contributed by atoms with E-state index < -0.39 is 0 Å². The van der Waals surface area contributed by atoms with Gasteiger partial charge in [0.05, 0.1) is 14.9 Å². The quantitative estimate of drug-likeness (QED) is 0.847. The lowest BCUT2D eigenvalue weighted by Gasteiger charge is -2.06. The second kappa shape index (κ2) is 8.10. The molecule has 0 aliphatic carbocycles. The Morgan fingerprint density at radius 1 is 1.48 bits per heavy atom. The Labute approximate surface area is 143 Å². The second-order valence-corrected chi connectivity index (χ2v) is 7.27. The number of rotatable bonds is 5. The Bertz CT molecular complexity index is 610. The minimum Gasteiger partial charge on any atom is -0.351 e. The molecule has 0 aliphatic heterocycles. The molecule has 0 fully saturated rings. The molecule has 3 N–H and O–H groups in total. The largest absolute Gasteiger partial charge is 0.351 e. The van der Waals surface area contributed by atoms with Gasteiger partial charge in [0.1, 0.15) is 9.88 Å². The molecule has 21 heavy (non-hydrogen) atoms. The number of nitrogens with one attached hydrogen (secondary N) is 1. The molecule has 116 valence electrons. The van der Waals surface area contributed by atoms with Crippen LogP contribution in [0, 0.1) is 6.92 Å². The van der Waals surface area contributed by atoms with Gasteiger partial charge >= 0.3 is 0 Å². The number of hydrogen-bond donors (Lipinski definition) is 2. The summed E-state index contributed by atoms with van der Waals surface area (Å²) in [6.07, 6.45) is 0.761. The first-order chi connectivity index (χ1) is 9.47. The van der Waals surface area contributed by atoms with Gasteiger partial charge in [0, 0.05) is 12.6 Å². The number of carbonyl (C=O) groups is 1. The van der Waals surface area contributed by atoms with E-state index in [-0.39, 0.29) is 24.4 Å². The lowest BCUT2D eigenvalue weighted by atomic mass is 10.2. The van der Waals surface area contributed by atoms with E-state index in [0.29, 0.717) is 11.4 Å². The fourth-order valence-electron chi connectivity index (χ4n) is 1.64. The molecule has 0 radical (unpaired) electrons. The summed E-state index contributed by atoms with van der Waals surface area (Å²) in [6.45, 7) is 4.34. The van der Waals surface area contributed by atoms with Crippen LogP contribution >= 0.6 is 46.7 Å². The van der Waals surface area contributed by atoms with E-state index in [1.54, 1.807) is 0 Å². The highest BCUT2D eigenvalue weighted by Gasteiger charge is 2.16. The first kappa shape index (κ1) is 18.4. The number of thiophene rings is 1. The maximum absolute atomic E-state index is 12.1. The lowest BCUT2D eigenvalue weighted by molar-refractivity contribution is 0.0956. The smallest absolute Gasteiger partial charge is 0.263 e. The molecule has 0 aliphatic rings. The minimum atomic E-state index is -0.0884. The molecule has 4 nitrogen and oxygen atoms in total. The Morgan fingerprint density at radius 2 is 2.19 bits per heavy atom. The van der Waals surface area contributed by atoms with E-state index in [1.807, 2.05) is 26.0 Å². The van der Waals surface area contributed by atoms with Gasteiger partial charge in [0.2, 0.25) is 0 Å². The number of aryl methyl sites for hydroxylation is 1. The molecule has 0 spiro atoms. The van der Waals surface area contributed by atoms with E-state index in [4.69, 9.17) is 17.3 Å². The molecule has 1 atom stereocenters. The van der Waals surface area contributed by atoms with Crippen molar-refractivity contribution in [3.8, 4) is 9.88 Å². The molecule has 8 heteroatoms. The number of hydrogen-bond acceptors (Lipinski definition) is 5. The van der Waals surface area contributed by atoms with Crippen LogP contribution in [0.4, 0.5) is 0 Å². The van der Waals surface area contributed by atoms with Crippen molar-refractivity contribution in [2.75, 3.05) is 6.54 Å². The van der Waals surface area contributed by atoms with Crippen molar-refractivity contribution >= 4 is 52.6 Å². The molecule has 2 rings (SSSR count). The number of amides is 1. The molecule has 0 aromatic carbocycles. The van der Waals surface area contributed by atoms with E-state index in [0.717, 1.165) is 26.3 Å². The van der Waals surface area contributed by atoms with Gasteiger partial charge < -0.3 is 11.1 Å². The Hall–Kier alpha value is -0.660. The molecular formula is C13H17Cl2N3OS2. The van der Waals surface area contributed by atoms with Gasteiger partial charge in [0.25, 0.3) is 5.91 Å². The summed E-state index contributed by atoms with van der Waals surface area (Å²) in [5, 5.41) is 3.70. The van der Waals surface area contributed by atoms with Gasteiger partial charge in [0.15, 0.2) is 0 Å². The van der Waals surface area contributed by atoms with Gasteiger partial charge in [-0.05, 0) is 32.4 Å². The number of aromatic nitrogens is 1. The molecule has 0 bridgehead atoms. The van der Waals surface area contributed by atoms with Crippen LogP contribution in [-0.4, -0.2) is 23.5 Å². The fourth-order valence-corrected chi connectivity index (χ4v) is 3.72. The standard InChI is InChI=1S/C13H16ClN3OS2.ClH/c1-7(15)5-6-16-12(18)11-8(2)17-13(20-11)9-3-4-10(14)19-9;/h3-4,7H,5-6,15H2,1-2H3,(H,16,18);1H. The van der Waals surface area contributed by atoms with Crippen LogP contribution in [-0.2, 0) is 0 Å². The van der Waals surface area contributed by atoms with Crippen molar-refractivity contribution in [2.24, 2.45) is 5.73 Å². The summed E-state index contributed by atoms with van der Waals surface area (Å²) in [7, 11) is 0. The predicted molar refractivity (Wildman–Crippen MR) is 93.0 cm³/mol. The zero-order valence-electron chi connectivity index (χ0n) is 11.7. The van der Waals surface area contributed by atoms with Crippen LogP contribution in [0.1, 0.15) is 28.7 Å². The van der Waals surface area contributed by atoms with Gasteiger partial charge in [-0.3, -0.25) is 4.79 Å². The number of thiazole rings is 1. The fraction of sp³-hybridized carbons (Fsp3) is 0.385. The van der Waals surface area contributed by atoms with Crippen molar-refractivity contribution in [2.45, 2.75) is 26.3 Å². The SMILES string of the molecule is Cc1nc(-c2ccc(Cl)s2)sc1C(=O)NCCC(C)N.Cl. The van der Waals surface area contributed by atoms with Crippen molar-refractivity contribution in [1.82, 2.24) is 10.3 Å². The van der Waals surface area contributed by atoms with Crippen molar-refractivity contribution in [1.29, 1.82) is 0 Å². The Morgan fingerprint density at radius 3 is 2.76 bits per heavy atom. The van der Waals surface area contributed by atoms with Crippen LogP contribution < -0.4 is 11.1 Å². The topological polar surface area (TPSA) is 68.0 Å². The van der Waals surface area contributed by atoms with Crippen LogP contribution in [0.15, 0.2) is 12.1 Å². The number of nitrogens with two attached hydrogens (primary N) is 1. The number of carbonyl (C=O) groups excluding carboxylic acids is 1. The molecular weight excluding hydrogens is 349 g/mol. The van der Waals surface area contributed by atoms with Gasteiger partial charge in [-0.15, -0.1) is 35.1 Å². The van der Waals surface area contributed by atoms with Crippen LogP contribution in [0.3, 0.4) is 0 Å². The van der Waals surface area contributed by atoms with Crippen molar-refractivity contribution < 1.29 is 4.79 Å². The molecule has 0 saturated heterocycles. The van der Waals surface area contributed by atoms with E-state index in [1.165, 1.54) is 22.7 Å². The summed E-state index contributed by atoms with van der Waals surface area (Å²) < 4.78 is 0.718. The maximum Gasteiger partial charge on any atom is 0.263 e. The minimum absolute atomic E-state index is 0. The predicted octanol–water partition coefficient (Wildman–Crippen LogP) is 3.72. The molecule has 0 saturated carbocycles. The number of nitrogens with zero attached hydrogens (tertiary/aromatic N) is 1. The van der Waals surface area contributed by atoms with Gasteiger partial charge in [-0.25, -0.2) is 4.98 Å². The number of halogens is 2. The molecule has 1 unspecified atom stereocenters. The van der Waals surface area contributed by atoms with Crippen molar-refractivity contribution in [3.63, 3.8) is 0 Å². The summed E-state index contributed by atoms with van der Waals surface area (Å²) >= 11 is 8.77. The lowest BCUT2D eigenvalue weighted by Crippen LogP contribution is -2.28. The van der Waals surface area contributed by atoms with Gasteiger partial charge in [-0.1, -0.05) is 11.6 Å². The molecule has 1 amide bonds. The third-order valence-electron chi connectivity index (χ3n) is 2.67. The first-order valence-corrected chi connectivity index (χ1v) is 8.25. The van der Waals surface area contributed by atoms with Crippen LogP contribution in [0.2, 0.25) is 4.34 Å². The monoisotopic (exact) mass is 365 g/mol.